The molecule has 0 heterocycles. The summed E-state index contributed by atoms with van der Waals surface area (Å²) >= 11 is 4.39. The Morgan fingerprint density at radius 1 is 1.57 bits per heavy atom. The lowest BCUT2D eigenvalue weighted by Crippen LogP contribution is -2.06. The van der Waals surface area contributed by atoms with Gasteiger partial charge in [-0.3, -0.25) is 4.79 Å². The zero-order chi connectivity index (χ0) is 10.9. The Hall–Kier alpha value is -0.980. The van der Waals surface area contributed by atoms with Gasteiger partial charge in [-0.05, 0) is 25.1 Å². The molecule has 1 atom stereocenters. The third-order valence-electron chi connectivity index (χ3n) is 1.66. The van der Waals surface area contributed by atoms with Crippen molar-refractivity contribution in [2.45, 2.75) is 11.8 Å². The van der Waals surface area contributed by atoms with Crippen LogP contribution in [0.25, 0.3) is 0 Å². The summed E-state index contributed by atoms with van der Waals surface area (Å²) in [4.78, 5) is 11.1. The maximum atomic E-state index is 11.2. The van der Waals surface area contributed by atoms with Crippen LogP contribution in [-0.4, -0.2) is 14.5 Å². The summed E-state index contributed by atoms with van der Waals surface area (Å²) in [5, 5.41) is 0. The Bertz CT molecular complexity index is 479. The minimum atomic E-state index is -3.54. The molecule has 1 aromatic rings. The highest BCUT2D eigenvalue weighted by atomic mass is 32.8. The molecular weight excluding hydrogens is 222 g/mol. The quantitative estimate of drug-likeness (QED) is 0.587. The van der Waals surface area contributed by atoms with Crippen molar-refractivity contribution in [1.82, 2.24) is 0 Å². The van der Waals surface area contributed by atoms with E-state index < -0.39 is 8.77 Å². The van der Waals surface area contributed by atoms with E-state index >= 15 is 0 Å². The van der Waals surface area contributed by atoms with Crippen LogP contribution in [0.4, 0.5) is 5.69 Å². The van der Waals surface area contributed by atoms with Crippen LogP contribution in [0.15, 0.2) is 23.1 Å². The maximum Gasteiger partial charge on any atom is 0.171 e. The van der Waals surface area contributed by atoms with Crippen LogP contribution in [0, 0.1) is 0 Å². The number of nitrogens with two attached hydrogens (primary N) is 1. The standard InChI is InChI=1S/C8H9NO3S2/c1-5(10)7-4-6(9)2-3-8(7)14(11,12)13/h2-4H,9H2,1H3,(H,11,12,13). The summed E-state index contributed by atoms with van der Waals surface area (Å²) < 4.78 is 20.4. The molecule has 76 valence electrons. The molecule has 3 N–H and O–H groups in total. The highest BCUT2D eigenvalue weighted by Gasteiger charge is 2.14. The van der Waals surface area contributed by atoms with Gasteiger partial charge < -0.3 is 10.3 Å². The number of hydrogen-bond donors (Lipinski definition) is 2. The van der Waals surface area contributed by atoms with Crippen molar-refractivity contribution >= 4 is 31.4 Å². The van der Waals surface area contributed by atoms with Crippen molar-refractivity contribution in [2.75, 3.05) is 5.73 Å². The molecule has 0 aliphatic carbocycles. The highest BCUT2D eigenvalue weighted by molar-refractivity contribution is 8.29. The van der Waals surface area contributed by atoms with E-state index in [1.165, 1.54) is 25.1 Å². The van der Waals surface area contributed by atoms with E-state index in [0.717, 1.165) is 0 Å². The molecule has 0 aromatic heterocycles. The average molecular weight is 231 g/mol. The van der Waals surface area contributed by atoms with Gasteiger partial charge in [0.05, 0.1) is 4.90 Å². The molecule has 0 amide bonds. The number of nitrogen functional groups attached to an aromatic ring is 1. The lowest BCUT2D eigenvalue weighted by atomic mass is 10.1. The van der Waals surface area contributed by atoms with Gasteiger partial charge in [0.25, 0.3) is 0 Å². The molecule has 0 spiro atoms. The zero-order valence-electron chi connectivity index (χ0n) is 7.39. The van der Waals surface area contributed by atoms with Gasteiger partial charge in [0.15, 0.2) is 14.6 Å². The minimum absolute atomic E-state index is 0.0470. The topological polar surface area (TPSA) is 80.4 Å². The molecule has 0 aliphatic rings. The molecule has 0 bridgehead atoms. The van der Waals surface area contributed by atoms with Gasteiger partial charge in [-0.2, -0.15) is 0 Å². The smallest absolute Gasteiger partial charge is 0.171 e. The number of Topliss-reactive ketones (excluding diaryl/α,β-unsaturated/α-hetero) is 1. The predicted octanol–water partition coefficient (Wildman–Crippen LogP) is 1.05. The largest absolute Gasteiger partial charge is 0.399 e. The van der Waals surface area contributed by atoms with Crippen LogP contribution >= 0.6 is 0 Å². The van der Waals surface area contributed by atoms with E-state index in [0.29, 0.717) is 5.69 Å². The Kier molecular flexibility index (Phi) is 2.89. The van der Waals surface area contributed by atoms with Crippen molar-refractivity contribution < 1.29 is 13.6 Å². The van der Waals surface area contributed by atoms with Gasteiger partial charge in [-0.1, -0.05) is 0 Å². The summed E-state index contributed by atoms with van der Waals surface area (Å²) in [7, 11) is -3.54. The number of ketones is 1. The van der Waals surface area contributed by atoms with Crippen LogP contribution in [0.2, 0.25) is 0 Å². The van der Waals surface area contributed by atoms with E-state index in [2.05, 4.69) is 11.2 Å². The van der Waals surface area contributed by atoms with E-state index in [-0.39, 0.29) is 16.2 Å². The molecule has 0 fully saturated rings. The first-order chi connectivity index (χ1) is 6.32. The fourth-order valence-electron chi connectivity index (χ4n) is 1.05. The molecule has 1 rings (SSSR count). The van der Waals surface area contributed by atoms with Crippen molar-refractivity contribution in [3.8, 4) is 0 Å². The summed E-state index contributed by atoms with van der Waals surface area (Å²) in [5.41, 5.74) is 5.91. The third-order valence-corrected chi connectivity index (χ3v) is 3.11. The zero-order valence-corrected chi connectivity index (χ0v) is 9.02. The Labute approximate surface area is 86.6 Å². The van der Waals surface area contributed by atoms with Gasteiger partial charge in [0, 0.05) is 22.4 Å². The molecule has 0 radical (unpaired) electrons. The van der Waals surface area contributed by atoms with Gasteiger partial charge >= 0.3 is 0 Å². The van der Waals surface area contributed by atoms with Crippen molar-refractivity contribution in [3.05, 3.63) is 23.8 Å². The second-order valence-electron chi connectivity index (χ2n) is 2.79. The number of anilines is 1. The lowest BCUT2D eigenvalue weighted by Gasteiger charge is -2.06. The first-order valence-electron chi connectivity index (χ1n) is 3.70. The number of carbonyl (C=O) groups excluding carboxylic acids is 1. The van der Waals surface area contributed by atoms with Crippen molar-refractivity contribution in [3.63, 3.8) is 0 Å². The Balaban J connectivity index is 3.53. The molecule has 0 aliphatic heterocycles. The Morgan fingerprint density at radius 2 is 2.14 bits per heavy atom. The van der Waals surface area contributed by atoms with Crippen LogP contribution in [0.1, 0.15) is 17.3 Å². The minimum Gasteiger partial charge on any atom is -0.399 e. The number of hydrogen-bond acceptors (Lipinski definition) is 4. The van der Waals surface area contributed by atoms with E-state index in [9.17, 15) is 9.00 Å². The molecule has 1 aromatic carbocycles. The van der Waals surface area contributed by atoms with E-state index in [1.54, 1.807) is 0 Å². The third kappa shape index (κ3) is 2.28. The molecule has 6 heteroatoms. The number of rotatable bonds is 2. The fourth-order valence-corrected chi connectivity index (χ4v) is 2.20. The summed E-state index contributed by atoms with van der Waals surface area (Å²) in [6.45, 7) is 1.29. The first kappa shape index (κ1) is 11.1. The second-order valence-corrected chi connectivity index (χ2v) is 5.53. The van der Waals surface area contributed by atoms with Gasteiger partial charge in [-0.15, -0.1) is 0 Å². The monoisotopic (exact) mass is 231 g/mol. The number of carbonyl (C=O) groups is 1. The lowest BCUT2D eigenvalue weighted by molar-refractivity contribution is 0.101. The fraction of sp³-hybridized carbons (Fsp3) is 0.125. The summed E-state index contributed by atoms with van der Waals surface area (Å²) in [5.74, 6) is -0.334. The van der Waals surface area contributed by atoms with E-state index in [4.69, 9.17) is 10.3 Å². The summed E-state index contributed by atoms with van der Waals surface area (Å²) in [6.07, 6.45) is 0. The van der Waals surface area contributed by atoms with E-state index in [1.807, 2.05) is 0 Å². The first-order valence-corrected chi connectivity index (χ1v) is 6.14. The Morgan fingerprint density at radius 3 is 2.57 bits per heavy atom. The maximum absolute atomic E-state index is 11.2. The molecular formula is C8H9NO3S2. The molecule has 1 unspecified atom stereocenters. The average Bonchev–Trinajstić information content (AvgIpc) is 2.01. The van der Waals surface area contributed by atoms with Gasteiger partial charge in [0.2, 0.25) is 0 Å². The SMILES string of the molecule is CC(=O)c1cc(N)ccc1S(=O)(O)=S. The molecule has 4 nitrogen and oxygen atoms in total. The number of benzene rings is 1. The molecule has 0 saturated heterocycles. The van der Waals surface area contributed by atoms with Crippen LogP contribution < -0.4 is 5.73 Å². The van der Waals surface area contributed by atoms with Crippen molar-refractivity contribution in [2.24, 2.45) is 0 Å². The van der Waals surface area contributed by atoms with Gasteiger partial charge in [0.1, 0.15) is 0 Å². The van der Waals surface area contributed by atoms with Gasteiger partial charge in [-0.25, -0.2) is 4.21 Å². The second kappa shape index (κ2) is 3.64. The van der Waals surface area contributed by atoms with Crippen molar-refractivity contribution in [1.29, 1.82) is 0 Å². The van der Waals surface area contributed by atoms with Crippen LogP contribution in [0.3, 0.4) is 0 Å². The van der Waals surface area contributed by atoms with Crippen LogP contribution in [-0.2, 0) is 20.0 Å². The molecule has 0 saturated carbocycles. The predicted molar refractivity (Wildman–Crippen MR) is 57.3 cm³/mol. The summed E-state index contributed by atoms with van der Waals surface area (Å²) in [6, 6.07) is 4.09. The molecule has 14 heavy (non-hydrogen) atoms. The van der Waals surface area contributed by atoms with Crippen LogP contribution in [0.5, 0.6) is 0 Å². The highest BCUT2D eigenvalue weighted by Crippen LogP contribution is 2.19. The normalized spacial score (nSPS) is 14.7.